The van der Waals surface area contributed by atoms with Crippen molar-refractivity contribution in [1.29, 1.82) is 0 Å². The third kappa shape index (κ3) is 1.65. The molecule has 5 nitrogen and oxygen atoms in total. The number of hydrogen-bond donors (Lipinski definition) is 1. The van der Waals surface area contributed by atoms with Gasteiger partial charge in [-0.05, 0) is 18.4 Å². The molecule has 3 aromatic rings. The molecule has 2 aliphatic rings. The van der Waals surface area contributed by atoms with Gasteiger partial charge in [-0.3, -0.25) is 4.68 Å². The summed E-state index contributed by atoms with van der Waals surface area (Å²) in [5, 5.41) is 15.3. The van der Waals surface area contributed by atoms with Crippen LogP contribution in [0.1, 0.15) is 35.4 Å². The maximum atomic E-state index is 11.0. The van der Waals surface area contributed by atoms with Gasteiger partial charge < -0.3 is 9.67 Å². The zero-order valence-electron chi connectivity index (χ0n) is 12.9. The maximum absolute atomic E-state index is 11.0. The third-order valence-corrected chi connectivity index (χ3v) is 5.46. The van der Waals surface area contributed by atoms with Gasteiger partial charge in [0.25, 0.3) is 0 Å². The second kappa shape index (κ2) is 4.55. The molecule has 0 bridgehead atoms. The van der Waals surface area contributed by atoms with Crippen molar-refractivity contribution in [3.63, 3.8) is 0 Å². The molecule has 23 heavy (non-hydrogen) atoms. The van der Waals surface area contributed by atoms with Crippen LogP contribution in [0, 0.1) is 5.92 Å². The zero-order valence-corrected chi connectivity index (χ0v) is 12.9. The summed E-state index contributed by atoms with van der Waals surface area (Å²) in [6, 6.07) is 8.62. The molecule has 0 fully saturated rings. The SMILES string of the molecule is Cn1ncc2c1CC[C@@H]([C@@H]1c3ccccc3-c3cncn31)[C@@H]2O. The highest BCUT2D eigenvalue weighted by Crippen LogP contribution is 2.49. The van der Waals surface area contributed by atoms with E-state index >= 15 is 0 Å². The lowest BCUT2D eigenvalue weighted by molar-refractivity contribution is 0.0713. The molecular weight excluding hydrogens is 288 g/mol. The Hall–Kier alpha value is -2.40. The lowest BCUT2D eigenvalue weighted by Crippen LogP contribution is -2.28. The molecule has 1 aliphatic heterocycles. The zero-order chi connectivity index (χ0) is 15.6. The minimum absolute atomic E-state index is 0.142. The molecule has 3 atom stereocenters. The van der Waals surface area contributed by atoms with Crippen LogP contribution in [0.4, 0.5) is 0 Å². The molecule has 0 saturated carbocycles. The monoisotopic (exact) mass is 306 g/mol. The normalized spacial score (nSPS) is 25.0. The van der Waals surface area contributed by atoms with E-state index in [2.05, 4.69) is 38.9 Å². The largest absolute Gasteiger partial charge is 0.388 e. The van der Waals surface area contributed by atoms with E-state index in [0.717, 1.165) is 29.8 Å². The van der Waals surface area contributed by atoms with Gasteiger partial charge in [0.1, 0.15) is 0 Å². The number of aliphatic hydroxyl groups is 1. The topological polar surface area (TPSA) is 55.9 Å². The van der Waals surface area contributed by atoms with Gasteiger partial charge in [0.2, 0.25) is 0 Å². The van der Waals surface area contributed by atoms with Crippen molar-refractivity contribution in [2.24, 2.45) is 13.0 Å². The summed E-state index contributed by atoms with van der Waals surface area (Å²) in [6.07, 6.45) is 7.05. The molecule has 1 aromatic carbocycles. The number of aliphatic hydroxyl groups excluding tert-OH is 1. The lowest BCUT2D eigenvalue weighted by Gasteiger charge is -2.33. The van der Waals surface area contributed by atoms with Crippen LogP contribution < -0.4 is 0 Å². The third-order valence-electron chi connectivity index (χ3n) is 5.46. The molecule has 2 aromatic heterocycles. The number of rotatable bonds is 1. The van der Waals surface area contributed by atoms with E-state index in [9.17, 15) is 5.11 Å². The summed E-state index contributed by atoms with van der Waals surface area (Å²) in [5.74, 6) is 0.142. The van der Waals surface area contributed by atoms with Gasteiger partial charge in [-0.15, -0.1) is 0 Å². The van der Waals surface area contributed by atoms with E-state index in [1.54, 1.807) is 0 Å². The summed E-state index contributed by atoms with van der Waals surface area (Å²) >= 11 is 0. The summed E-state index contributed by atoms with van der Waals surface area (Å²) in [5.41, 5.74) is 5.82. The van der Waals surface area contributed by atoms with E-state index in [-0.39, 0.29) is 12.0 Å². The number of fused-ring (bicyclic) bond motifs is 4. The molecule has 0 amide bonds. The Morgan fingerprint density at radius 1 is 1.17 bits per heavy atom. The van der Waals surface area contributed by atoms with Crippen LogP contribution in [0.15, 0.2) is 43.0 Å². The van der Waals surface area contributed by atoms with Gasteiger partial charge in [-0.2, -0.15) is 5.10 Å². The fraction of sp³-hybridized carbons (Fsp3) is 0.333. The summed E-state index contributed by atoms with van der Waals surface area (Å²) in [4.78, 5) is 4.33. The molecule has 0 saturated heterocycles. The highest BCUT2D eigenvalue weighted by Gasteiger charge is 2.41. The average molecular weight is 306 g/mol. The molecule has 116 valence electrons. The van der Waals surface area contributed by atoms with E-state index in [4.69, 9.17) is 0 Å². The highest BCUT2D eigenvalue weighted by atomic mass is 16.3. The average Bonchev–Trinajstić information content (AvgIpc) is 3.24. The van der Waals surface area contributed by atoms with Crippen molar-refractivity contribution in [3.8, 4) is 11.3 Å². The number of hydrogen-bond acceptors (Lipinski definition) is 3. The molecule has 3 heterocycles. The van der Waals surface area contributed by atoms with Crippen LogP contribution in [0.3, 0.4) is 0 Å². The maximum Gasteiger partial charge on any atom is 0.0956 e. The Kier molecular flexibility index (Phi) is 2.59. The molecule has 0 unspecified atom stereocenters. The Labute approximate surface area is 134 Å². The summed E-state index contributed by atoms with van der Waals surface area (Å²) in [7, 11) is 1.95. The molecule has 0 spiro atoms. The van der Waals surface area contributed by atoms with Crippen LogP contribution in [0.2, 0.25) is 0 Å². The number of benzene rings is 1. The van der Waals surface area contributed by atoms with Gasteiger partial charge in [0.15, 0.2) is 0 Å². The first-order valence-corrected chi connectivity index (χ1v) is 8.05. The number of imidazole rings is 1. The van der Waals surface area contributed by atoms with Crippen LogP contribution in [0.5, 0.6) is 0 Å². The van der Waals surface area contributed by atoms with Crippen LogP contribution in [-0.2, 0) is 13.5 Å². The van der Waals surface area contributed by atoms with Crippen molar-refractivity contribution < 1.29 is 5.11 Å². The number of nitrogens with zero attached hydrogens (tertiary/aromatic N) is 4. The van der Waals surface area contributed by atoms with Gasteiger partial charge in [-0.25, -0.2) is 4.98 Å². The lowest BCUT2D eigenvalue weighted by atomic mass is 9.78. The van der Waals surface area contributed by atoms with E-state index in [1.807, 2.05) is 30.5 Å². The van der Waals surface area contributed by atoms with E-state index < -0.39 is 6.10 Å². The second-order valence-corrected chi connectivity index (χ2v) is 6.54. The Balaban J connectivity index is 1.63. The standard InChI is InChI=1S/C18H18N4O/c1-21-15-7-6-13(18(23)14(15)8-20-21)17-12-5-3-2-4-11(12)16-9-19-10-22(16)17/h2-5,8-10,13,17-18,23H,6-7H2,1H3/t13-,17-,18-/m0/s1. The minimum atomic E-state index is -0.487. The quantitative estimate of drug-likeness (QED) is 0.751. The van der Waals surface area contributed by atoms with Gasteiger partial charge >= 0.3 is 0 Å². The van der Waals surface area contributed by atoms with Crippen LogP contribution >= 0.6 is 0 Å². The van der Waals surface area contributed by atoms with Crippen molar-refractivity contribution in [2.75, 3.05) is 0 Å². The predicted molar refractivity (Wildman–Crippen MR) is 85.8 cm³/mol. The fourth-order valence-electron chi connectivity index (χ4n) is 4.37. The fourth-order valence-corrected chi connectivity index (χ4v) is 4.37. The second-order valence-electron chi connectivity index (χ2n) is 6.54. The molecule has 5 rings (SSSR count). The first-order valence-electron chi connectivity index (χ1n) is 8.05. The first-order chi connectivity index (χ1) is 11.3. The molecule has 0 radical (unpaired) electrons. The van der Waals surface area contributed by atoms with Gasteiger partial charge in [-0.1, -0.05) is 24.3 Å². The molecule has 1 N–H and O–H groups in total. The summed E-state index contributed by atoms with van der Waals surface area (Å²) < 4.78 is 4.11. The minimum Gasteiger partial charge on any atom is -0.388 e. The van der Waals surface area contributed by atoms with Crippen molar-refractivity contribution in [1.82, 2.24) is 19.3 Å². The van der Waals surface area contributed by atoms with E-state index in [1.165, 1.54) is 11.1 Å². The van der Waals surface area contributed by atoms with E-state index in [0.29, 0.717) is 0 Å². The number of aryl methyl sites for hydroxylation is 1. The Morgan fingerprint density at radius 2 is 2.04 bits per heavy atom. The van der Waals surface area contributed by atoms with Crippen molar-refractivity contribution >= 4 is 0 Å². The number of aromatic nitrogens is 4. The molecule has 5 heteroatoms. The smallest absolute Gasteiger partial charge is 0.0956 e. The van der Waals surface area contributed by atoms with Gasteiger partial charge in [0.05, 0.1) is 36.6 Å². The Bertz CT molecular complexity index is 894. The summed E-state index contributed by atoms with van der Waals surface area (Å²) in [6.45, 7) is 0. The van der Waals surface area contributed by atoms with Crippen LogP contribution in [-0.4, -0.2) is 24.4 Å². The Morgan fingerprint density at radius 3 is 2.96 bits per heavy atom. The molecule has 1 aliphatic carbocycles. The van der Waals surface area contributed by atoms with Crippen molar-refractivity contribution in [2.45, 2.75) is 25.0 Å². The van der Waals surface area contributed by atoms with Crippen LogP contribution in [0.25, 0.3) is 11.3 Å². The van der Waals surface area contributed by atoms with Gasteiger partial charge in [0, 0.05) is 29.8 Å². The van der Waals surface area contributed by atoms with Crippen molar-refractivity contribution in [3.05, 3.63) is 59.8 Å². The predicted octanol–water partition coefficient (Wildman–Crippen LogP) is 2.48. The molecular formula is C18H18N4O. The first kappa shape index (κ1) is 13.1. The highest BCUT2D eigenvalue weighted by molar-refractivity contribution is 5.69.